The summed E-state index contributed by atoms with van der Waals surface area (Å²) in [5.41, 5.74) is -0.226. The number of halogens is 5. The standard InChI is InChI=1S/C22H18F5N3O4/c1-11(12-5-6-16-17(9-12)34-22(26,27)33-16)32-18-10-13(7-8-28-18)30-19-14(3-2-4-15(19)31)20(29-30)21(23,24)25/h5-11,15,31H,2-4H2,1H3/t11-,15?/m0/s1. The van der Waals surface area contributed by atoms with Crippen molar-refractivity contribution in [1.82, 2.24) is 14.8 Å². The molecule has 7 nitrogen and oxygen atoms in total. The second kappa shape index (κ2) is 7.83. The summed E-state index contributed by atoms with van der Waals surface area (Å²) >= 11 is 0. The summed E-state index contributed by atoms with van der Waals surface area (Å²) in [6.45, 7) is 1.64. The number of benzene rings is 1. The van der Waals surface area contributed by atoms with Gasteiger partial charge in [-0.1, -0.05) is 6.07 Å². The summed E-state index contributed by atoms with van der Waals surface area (Å²) in [7, 11) is 0. The summed E-state index contributed by atoms with van der Waals surface area (Å²) in [5.74, 6) is -0.184. The fourth-order valence-corrected chi connectivity index (χ4v) is 4.15. The van der Waals surface area contributed by atoms with Crippen LogP contribution in [0.25, 0.3) is 5.69 Å². The van der Waals surface area contributed by atoms with Gasteiger partial charge in [-0.05, 0) is 49.9 Å². The first-order valence-corrected chi connectivity index (χ1v) is 10.4. The molecule has 34 heavy (non-hydrogen) atoms. The van der Waals surface area contributed by atoms with E-state index in [9.17, 15) is 27.1 Å². The van der Waals surface area contributed by atoms with E-state index in [1.807, 2.05) is 0 Å². The number of aliphatic hydroxyl groups excluding tert-OH is 1. The van der Waals surface area contributed by atoms with Gasteiger partial charge in [0, 0.05) is 17.8 Å². The third-order valence-corrected chi connectivity index (χ3v) is 5.67. The minimum absolute atomic E-state index is 0.0175. The van der Waals surface area contributed by atoms with Crippen molar-refractivity contribution in [3.8, 4) is 23.1 Å². The number of aromatic nitrogens is 3. The van der Waals surface area contributed by atoms with Gasteiger partial charge in [0.05, 0.1) is 17.5 Å². The summed E-state index contributed by atoms with van der Waals surface area (Å²) in [6, 6.07) is 7.04. The predicted molar refractivity (Wildman–Crippen MR) is 106 cm³/mol. The largest absolute Gasteiger partial charge is 0.586 e. The van der Waals surface area contributed by atoms with Crippen LogP contribution < -0.4 is 14.2 Å². The molecule has 0 saturated carbocycles. The van der Waals surface area contributed by atoms with Gasteiger partial charge in [0.15, 0.2) is 17.2 Å². The first-order chi connectivity index (χ1) is 16.0. The Bertz CT molecular complexity index is 1240. The molecule has 2 aliphatic rings. The van der Waals surface area contributed by atoms with E-state index in [-0.39, 0.29) is 40.7 Å². The van der Waals surface area contributed by atoms with Crippen molar-refractivity contribution in [3.05, 3.63) is 59.0 Å². The number of rotatable bonds is 4. The normalized spacial score (nSPS) is 19.6. The molecule has 0 radical (unpaired) electrons. The number of aliphatic hydroxyl groups is 1. The molecule has 180 valence electrons. The summed E-state index contributed by atoms with van der Waals surface area (Å²) in [6.07, 6.45) is -7.92. The van der Waals surface area contributed by atoms with Crippen LogP contribution in [0.4, 0.5) is 22.0 Å². The number of alkyl halides is 5. The van der Waals surface area contributed by atoms with Crippen molar-refractivity contribution >= 4 is 0 Å². The molecule has 1 aliphatic carbocycles. The van der Waals surface area contributed by atoms with Gasteiger partial charge in [0.2, 0.25) is 5.88 Å². The van der Waals surface area contributed by atoms with E-state index in [2.05, 4.69) is 19.6 Å². The SMILES string of the molecule is C[C@H](Oc1cc(-n2nc(C(F)(F)F)c3c2C(O)CCC3)ccn1)c1ccc2c(c1)OC(F)(F)O2. The average Bonchev–Trinajstić information content (AvgIpc) is 3.30. The van der Waals surface area contributed by atoms with E-state index < -0.39 is 30.4 Å². The van der Waals surface area contributed by atoms with Gasteiger partial charge < -0.3 is 19.3 Å². The maximum Gasteiger partial charge on any atom is 0.586 e. The van der Waals surface area contributed by atoms with Gasteiger partial charge in [0.25, 0.3) is 0 Å². The number of hydrogen-bond donors (Lipinski definition) is 1. The zero-order chi connectivity index (χ0) is 24.3. The number of fused-ring (bicyclic) bond motifs is 2. The second-order valence-electron chi connectivity index (χ2n) is 8.02. The van der Waals surface area contributed by atoms with Crippen LogP contribution in [0.15, 0.2) is 36.5 Å². The van der Waals surface area contributed by atoms with Crippen LogP contribution in [0.5, 0.6) is 17.4 Å². The topological polar surface area (TPSA) is 78.6 Å². The summed E-state index contributed by atoms with van der Waals surface area (Å²) in [4.78, 5) is 4.09. The van der Waals surface area contributed by atoms with Gasteiger partial charge in [0.1, 0.15) is 6.10 Å². The van der Waals surface area contributed by atoms with Crippen molar-refractivity contribution in [2.24, 2.45) is 0 Å². The van der Waals surface area contributed by atoms with Crippen LogP contribution in [0.3, 0.4) is 0 Å². The Kier molecular flexibility index (Phi) is 5.15. The molecular weight excluding hydrogens is 465 g/mol. The van der Waals surface area contributed by atoms with Crippen LogP contribution in [-0.4, -0.2) is 26.2 Å². The predicted octanol–water partition coefficient (Wildman–Crippen LogP) is 5.12. The molecule has 0 bridgehead atoms. The lowest BCUT2D eigenvalue weighted by Gasteiger charge is -2.20. The van der Waals surface area contributed by atoms with Crippen molar-refractivity contribution in [2.45, 2.75) is 50.9 Å². The smallest absolute Gasteiger partial charge is 0.470 e. The maximum absolute atomic E-state index is 13.6. The molecule has 2 atom stereocenters. The lowest BCUT2D eigenvalue weighted by molar-refractivity contribution is -0.286. The third-order valence-electron chi connectivity index (χ3n) is 5.67. The highest BCUT2D eigenvalue weighted by molar-refractivity contribution is 5.46. The Hall–Kier alpha value is -3.41. The molecule has 3 aromatic rings. The molecule has 1 N–H and O–H groups in total. The van der Waals surface area contributed by atoms with Crippen LogP contribution in [-0.2, 0) is 12.6 Å². The van der Waals surface area contributed by atoms with E-state index in [4.69, 9.17) is 4.74 Å². The third kappa shape index (κ3) is 4.02. The van der Waals surface area contributed by atoms with Crippen molar-refractivity contribution in [2.75, 3.05) is 0 Å². The zero-order valence-electron chi connectivity index (χ0n) is 17.6. The fraction of sp³-hybridized carbons (Fsp3) is 0.364. The first kappa shape index (κ1) is 22.4. The second-order valence-corrected chi connectivity index (χ2v) is 8.02. The van der Waals surface area contributed by atoms with E-state index in [1.54, 1.807) is 6.92 Å². The molecule has 0 amide bonds. The van der Waals surface area contributed by atoms with Crippen LogP contribution in [0.1, 0.15) is 54.5 Å². The lowest BCUT2D eigenvalue weighted by Crippen LogP contribution is -2.25. The molecule has 1 aliphatic heterocycles. The Labute approximate surface area is 189 Å². The number of pyridine rings is 1. The highest BCUT2D eigenvalue weighted by Gasteiger charge is 2.44. The Balaban J connectivity index is 1.44. The van der Waals surface area contributed by atoms with Crippen LogP contribution in [0, 0.1) is 0 Å². The van der Waals surface area contributed by atoms with E-state index in [0.29, 0.717) is 18.4 Å². The minimum atomic E-state index is -4.66. The van der Waals surface area contributed by atoms with Gasteiger partial charge >= 0.3 is 12.5 Å². The average molecular weight is 483 g/mol. The van der Waals surface area contributed by atoms with Gasteiger partial charge in [-0.2, -0.15) is 18.3 Å². The molecule has 1 unspecified atom stereocenters. The molecule has 1 aromatic carbocycles. The van der Waals surface area contributed by atoms with E-state index in [0.717, 1.165) is 4.68 Å². The zero-order valence-corrected chi connectivity index (χ0v) is 17.6. The van der Waals surface area contributed by atoms with Crippen LogP contribution in [0.2, 0.25) is 0 Å². The first-order valence-electron chi connectivity index (χ1n) is 10.4. The van der Waals surface area contributed by atoms with Crippen LogP contribution >= 0.6 is 0 Å². The number of hydrogen-bond acceptors (Lipinski definition) is 6. The minimum Gasteiger partial charge on any atom is -0.470 e. The van der Waals surface area contributed by atoms with Gasteiger partial charge in [-0.25, -0.2) is 9.67 Å². The Morgan fingerprint density at radius 2 is 1.94 bits per heavy atom. The van der Waals surface area contributed by atoms with Crippen molar-refractivity contribution in [1.29, 1.82) is 0 Å². The highest BCUT2D eigenvalue weighted by atomic mass is 19.4. The maximum atomic E-state index is 13.6. The highest BCUT2D eigenvalue weighted by Crippen LogP contribution is 2.43. The number of ether oxygens (including phenoxy) is 3. The molecule has 2 aromatic heterocycles. The molecule has 12 heteroatoms. The van der Waals surface area contributed by atoms with Crippen molar-refractivity contribution < 1.29 is 41.3 Å². The Morgan fingerprint density at radius 3 is 2.71 bits per heavy atom. The number of nitrogens with zero attached hydrogens (tertiary/aromatic N) is 3. The monoisotopic (exact) mass is 483 g/mol. The fourth-order valence-electron chi connectivity index (χ4n) is 4.15. The van der Waals surface area contributed by atoms with Gasteiger partial charge in [-0.3, -0.25) is 0 Å². The van der Waals surface area contributed by atoms with E-state index >= 15 is 0 Å². The summed E-state index contributed by atoms with van der Waals surface area (Å²) < 4.78 is 82.9. The van der Waals surface area contributed by atoms with E-state index in [1.165, 1.54) is 36.5 Å². The lowest BCUT2D eigenvalue weighted by atomic mass is 9.93. The molecule has 0 saturated heterocycles. The summed E-state index contributed by atoms with van der Waals surface area (Å²) in [5, 5.41) is 14.2. The quantitative estimate of drug-likeness (QED) is 0.520. The Morgan fingerprint density at radius 1 is 1.18 bits per heavy atom. The molecule has 5 rings (SSSR count). The van der Waals surface area contributed by atoms with Gasteiger partial charge in [-0.15, -0.1) is 8.78 Å². The molecule has 0 spiro atoms. The van der Waals surface area contributed by atoms with Crippen molar-refractivity contribution in [3.63, 3.8) is 0 Å². The molecular formula is C22H18F5N3O4. The molecule has 0 fully saturated rings. The molecule has 3 heterocycles.